The van der Waals surface area contributed by atoms with Gasteiger partial charge in [0.2, 0.25) is 0 Å². The lowest BCUT2D eigenvalue weighted by atomic mass is 10.1. The zero-order valence-corrected chi connectivity index (χ0v) is 9.72. The number of carbonyl (C=O) groups is 2. The van der Waals surface area contributed by atoms with Gasteiger partial charge in [-0.05, 0) is 18.6 Å². The molecule has 1 heterocycles. The number of nitrogens with zero attached hydrogens (tertiary/aromatic N) is 1. The number of carboxylic acid groups (broad SMARTS) is 1. The van der Waals surface area contributed by atoms with Crippen molar-refractivity contribution in [1.82, 2.24) is 0 Å². The quantitative estimate of drug-likeness (QED) is 0.884. The predicted octanol–water partition coefficient (Wildman–Crippen LogP) is 1.41. The third-order valence-electron chi connectivity index (χ3n) is 2.78. The first-order valence-corrected chi connectivity index (χ1v) is 5.51. The van der Waals surface area contributed by atoms with Gasteiger partial charge in [-0.25, -0.2) is 9.18 Å². The van der Waals surface area contributed by atoms with Gasteiger partial charge in [0.15, 0.2) is 6.61 Å². The lowest BCUT2D eigenvalue weighted by Crippen LogP contribution is -2.49. The van der Waals surface area contributed by atoms with E-state index in [-0.39, 0.29) is 18.7 Å². The molecule has 0 fully saturated rings. The van der Waals surface area contributed by atoms with Crippen LogP contribution in [0.1, 0.15) is 13.3 Å². The number of rotatable bonds is 3. The van der Waals surface area contributed by atoms with E-state index < -0.39 is 23.7 Å². The Morgan fingerprint density at radius 1 is 1.61 bits per heavy atom. The summed E-state index contributed by atoms with van der Waals surface area (Å²) >= 11 is 0. The first-order chi connectivity index (χ1) is 8.54. The Bertz CT molecular complexity index is 503. The van der Waals surface area contributed by atoms with Gasteiger partial charge in [-0.3, -0.25) is 9.69 Å². The number of benzene rings is 1. The number of ether oxygens (including phenoxy) is 1. The van der Waals surface area contributed by atoms with Crippen LogP contribution in [0.2, 0.25) is 0 Å². The van der Waals surface area contributed by atoms with Crippen molar-refractivity contribution in [2.75, 3.05) is 11.5 Å². The highest BCUT2D eigenvalue weighted by Gasteiger charge is 2.34. The minimum absolute atomic E-state index is 0.167. The van der Waals surface area contributed by atoms with Gasteiger partial charge in [-0.2, -0.15) is 0 Å². The molecular weight excluding hydrogens is 241 g/mol. The fraction of sp³-hybridized carbons (Fsp3) is 0.333. The molecular formula is C12H12FNO4. The monoisotopic (exact) mass is 253 g/mol. The third kappa shape index (κ3) is 2.01. The van der Waals surface area contributed by atoms with Crippen LogP contribution in [0.25, 0.3) is 0 Å². The number of halogens is 1. The number of carboxylic acids is 1. The fourth-order valence-electron chi connectivity index (χ4n) is 1.95. The van der Waals surface area contributed by atoms with Gasteiger partial charge in [-0.1, -0.05) is 6.92 Å². The average Bonchev–Trinajstić information content (AvgIpc) is 2.32. The summed E-state index contributed by atoms with van der Waals surface area (Å²) in [5.74, 6) is -1.83. The normalized spacial score (nSPS) is 15.9. The Balaban J connectivity index is 2.50. The first-order valence-electron chi connectivity index (χ1n) is 5.51. The Morgan fingerprint density at radius 3 is 2.94 bits per heavy atom. The van der Waals surface area contributed by atoms with Crippen molar-refractivity contribution in [1.29, 1.82) is 0 Å². The molecule has 1 N–H and O–H groups in total. The predicted molar refractivity (Wildman–Crippen MR) is 61.1 cm³/mol. The lowest BCUT2D eigenvalue weighted by molar-refractivity contribution is -0.140. The number of hydrogen-bond donors (Lipinski definition) is 1. The van der Waals surface area contributed by atoms with Crippen LogP contribution >= 0.6 is 0 Å². The maximum atomic E-state index is 13.2. The van der Waals surface area contributed by atoms with E-state index in [0.717, 1.165) is 11.0 Å². The number of hydrogen-bond acceptors (Lipinski definition) is 3. The van der Waals surface area contributed by atoms with Crippen molar-refractivity contribution in [3.05, 3.63) is 24.0 Å². The molecule has 2 rings (SSSR count). The molecule has 1 aliphatic rings. The summed E-state index contributed by atoms with van der Waals surface area (Å²) in [6.45, 7) is 1.42. The minimum atomic E-state index is -1.12. The minimum Gasteiger partial charge on any atom is -0.482 e. The van der Waals surface area contributed by atoms with Gasteiger partial charge >= 0.3 is 5.97 Å². The third-order valence-corrected chi connectivity index (χ3v) is 2.78. The smallest absolute Gasteiger partial charge is 0.326 e. The van der Waals surface area contributed by atoms with Crippen LogP contribution < -0.4 is 9.64 Å². The van der Waals surface area contributed by atoms with Gasteiger partial charge < -0.3 is 9.84 Å². The van der Waals surface area contributed by atoms with Gasteiger partial charge in [0.05, 0.1) is 5.69 Å². The Labute approximate surface area is 103 Å². The van der Waals surface area contributed by atoms with Gasteiger partial charge in [0.25, 0.3) is 5.91 Å². The average molecular weight is 253 g/mol. The molecule has 0 radical (unpaired) electrons. The second-order valence-electron chi connectivity index (χ2n) is 3.93. The summed E-state index contributed by atoms with van der Waals surface area (Å²) in [6.07, 6.45) is 0.233. The first kappa shape index (κ1) is 12.3. The van der Waals surface area contributed by atoms with E-state index in [0.29, 0.717) is 5.75 Å². The Morgan fingerprint density at radius 2 is 2.33 bits per heavy atom. The molecule has 6 heteroatoms. The number of fused-ring (bicyclic) bond motifs is 1. The molecule has 0 saturated heterocycles. The largest absolute Gasteiger partial charge is 0.482 e. The highest BCUT2D eigenvalue weighted by atomic mass is 19.1. The Kier molecular flexibility index (Phi) is 3.18. The molecule has 0 aliphatic carbocycles. The van der Waals surface area contributed by atoms with E-state index in [1.54, 1.807) is 6.92 Å². The summed E-state index contributed by atoms with van der Waals surface area (Å²) in [5.41, 5.74) is 0.167. The highest BCUT2D eigenvalue weighted by molar-refractivity contribution is 6.02. The maximum Gasteiger partial charge on any atom is 0.326 e. The molecule has 0 spiro atoms. The lowest BCUT2D eigenvalue weighted by Gasteiger charge is -2.33. The van der Waals surface area contributed by atoms with E-state index in [4.69, 9.17) is 9.84 Å². The molecule has 1 unspecified atom stereocenters. The topological polar surface area (TPSA) is 66.8 Å². The van der Waals surface area contributed by atoms with Crippen LogP contribution in [-0.4, -0.2) is 29.6 Å². The number of carbonyl (C=O) groups excluding carboxylic acids is 1. The molecule has 1 aliphatic heterocycles. The molecule has 0 aromatic heterocycles. The molecule has 0 saturated carbocycles. The summed E-state index contributed by atoms with van der Waals surface area (Å²) in [6, 6.07) is 2.69. The van der Waals surface area contributed by atoms with Crippen molar-refractivity contribution in [3.63, 3.8) is 0 Å². The maximum absolute atomic E-state index is 13.2. The summed E-state index contributed by atoms with van der Waals surface area (Å²) in [5, 5.41) is 9.11. The summed E-state index contributed by atoms with van der Waals surface area (Å²) in [4.78, 5) is 24.0. The second kappa shape index (κ2) is 4.64. The molecule has 1 aromatic carbocycles. The van der Waals surface area contributed by atoms with Gasteiger partial charge in [0, 0.05) is 6.07 Å². The van der Waals surface area contributed by atoms with E-state index in [1.807, 2.05) is 0 Å². The molecule has 18 heavy (non-hydrogen) atoms. The standard InChI is InChI=1S/C12H12FNO4/c1-2-8(12(16)17)14-9-5-7(13)3-4-10(9)18-6-11(14)15/h3-5,8H,2,6H2,1H3,(H,16,17). The van der Waals surface area contributed by atoms with Crippen LogP contribution in [0.15, 0.2) is 18.2 Å². The van der Waals surface area contributed by atoms with Crippen LogP contribution in [0, 0.1) is 5.82 Å². The van der Waals surface area contributed by atoms with E-state index in [2.05, 4.69) is 0 Å². The van der Waals surface area contributed by atoms with Crippen LogP contribution in [0.3, 0.4) is 0 Å². The van der Waals surface area contributed by atoms with Crippen molar-refractivity contribution >= 4 is 17.6 Å². The summed E-state index contributed by atoms with van der Waals surface area (Å²) < 4.78 is 18.4. The molecule has 1 aromatic rings. The SMILES string of the molecule is CCC(C(=O)O)N1C(=O)COc2ccc(F)cc21. The van der Waals surface area contributed by atoms with Crippen LogP contribution in [-0.2, 0) is 9.59 Å². The van der Waals surface area contributed by atoms with Crippen LogP contribution in [0.4, 0.5) is 10.1 Å². The number of aliphatic carboxylic acids is 1. The van der Waals surface area contributed by atoms with Crippen LogP contribution in [0.5, 0.6) is 5.75 Å². The molecule has 5 nitrogen and oxygen atoms in total. The molecule has 1 atom stereocenters. The van der Waals surface area contributed by atoms with E-state index in [9.17, 15) is 14.0 Å². The number of anilines is 1. The fourth-order valence-corrected chi connectivity index (χ4v) is 1.95. The van der Waals surface area contributed by atoms with Crippen molar-refractivity contribution in [3.8, 4) is 5.75 Å². The second-order valence-corrected chi connectivity index (χ2v) is 3.93. The van der Waals surface area contributed by atoms with E-state index >= 15 is 0 Å². The van der Waals surface area contributed by atoms with E-state index in [1.165, 1.54) is 12.1 Å². The zero-order valence-electron chi connectivity index (χ0n) is 9.72. The van der Waals surface area contributed by atoms with Gasteiger partial charge in [-0.15, -0.1) is 0 Å². The molecule has 1 amide bonds. The molecule has 96 valence electrons. The highest BCUT2D eigenvalue weighted by Crippen LogP contribution is 2.34. The molecule has 0 bridgehead atoms. The number of amides is 1. The van der Waals surface area contributed by atoms with Crippen molar-refractivity contribution < 1.29 is 23.8 Å². The summed E-state index contributed by atoms with van der Waals surface area (Å²) in [7, 11) is 0. The Hall–Kier alpha value is -2.11. The van der Waals surface area contributed by atoms with Crippen molar-refractivity contribution in [2.24, 2.45) is 0 Å². The van der Waals surface area contributed by atoms with Crippen molar-refractivity contribution in [2.45, 2.75) is 19.4 Å². The van der Waals surface area contributed by atoms with Gasteiger partial charge in [0.1, 0.15) is 17.6 Å². The zero-order chi connectivity index (χ0) is 13.3.